The van der Waals surface area contributed by atoms with E-state index in [-0.39, 0.29) is 0 Å². The number of hydrogen-bond acceptors (Lipinski definition) is 4. The summed E-state index contributed by atoms with van der Waals surface area (Å²) in [6, 6.07) is 3.65. The molecule has 0 radical (unpaired) electrons. The highest BCUT2D eigenvalue weighted by Crippen LogP contribution is 2.17. The number of nitrogens with two attached hydrogens (primary N) is 2. The lowest BCUT2D eigenvalue weighted by molar-refractivity contribution is 1.32. The van der Waals surface area contributed by atoms with Crippen LogP contribution >= 0.6 is 0 Å². The van der Waals surface area contributed by atoms with Crippen LogP contribution in [0.25, 0.3) is 10.9 Å². The van der Waals surface area contributed by atoms with Gasteiger partial charge in [-0.15, -0.1) is 0 Å². The molecule has 4 nitrogen and oxygen atoms in total. The van der Waals surface area contributed by atoms with Crippen LogP contribution in [0.1, 0.15) is 0 Å². The Kier molecular flexibility index (Phi) is 1.33. The van der Waals surface area contributed by atoms with E-state index in [1.54, 1.807) is 12.4 Å². The minimum atomic E-state index is 0.438. The van der Waals surface area contributed by atoms with Crippen LogP contribution in [0.2, 0.25) is 0 Å². The van der Waals surface area contributed by atoms with Crippen molar-refractivity contribution in [1.29, 1.82) is 0 Å². The van der Waals surface area contributed by atoms with Crippen molar-refractivity contribution >= 4 is 22.4 Å². The van der Waals surface area contributed by atoms with Crippen LogP contribution < -0.4 is 11.5 Å². The Morgan fingerprint density at radius 1 is 1.17 bits per heavy atom. The molecule has 0 amide bonds. The van der Waals surface area contributed by atoms with E-state index in [9.17, 15) is 0 Å². The molecule has 2 aromatic heterocycles. The minimum absolute atomic E-state index is 0.438. The fourth-order valence-corrected chi connectivity index (χ4v) is 1.10. The summed E-state index contributed by atoms with van der Waals surface area (Å²) in [5, 5.41) is 0.919. The summed E-state index contributed by atoms with van der Waals surface area (Å²) in [6.07, 6.45) is 3.21. The zero-order valence-corrected chi connectivity index (χ0v) is 6.36. The van der Waals surface area contributed by atoms with E-state index in [1.807, 2.05) is 12.1 Å². The van der Waals surface area contributed by atoms with Crippen LogP contribution in [0.5, 0.6) is 0 Å². The maximum absolute atomic E-state index is 5.59. The topological polar surface area (TPSA) is 77.8 Å². The van der Waals surface area contributed by atoms with Crippen LogP contribution in [0.15, 0.2) is 24.5 Å². The van der Waals surface area contributed by atoms with Gasteiger partial charge in [-0.25, -0.2) is 4.98 Å². The molecule has 0 aromatic carbocycles. The van der Waals surface area contributed by atoms with Gasteiger partial charge in [0.2, 0.25) is 0 Å². The van der Waals surface area contributed by atoms with Gasteiger partial charge in [-0.1, -0.05) is 0 Å². The number of anilines is 2. The van der Waals surface area contributed by atoms with Gasteiger partial charge in [0.15, 0.2) is 0 Å². The van der Waals surface area contributed by atoms with Gasteiger partial charge in [0.1, 0.15) is 11.3 Å². The summed E-state index contributed by atoms with van der Waals surface area (Å²) in [5.74, 6) is 0.438. The first-order chi connectivity index (χ1) is 5.77. The third-order valence-corrected chi connectivity index (χ3v) is 1.65. The second-order valence-corrected chi connectivity index (χ2v) is 2.54. The summed E-state index contributed by atoms with van der Waals surface area (Å²) >= 11 is 0. The smallest absolute Gasteiger partial charge is 0.149 e. The van der Waals surface area contributed by atoms with Crippen LogP contribution in [0.4, 0.5) is 11.5 Å². The van der Waals surface area contributed by atoms with E-state index >= 15 is 0 Å². The summed E-state index contributed by atoms with van der Waals surface area (Å²) in [4.78, 5) is 7.98. The lowest BCUT2D eigenvalue weighted by Crippen LogP contribution is -1.94. The number of fused-ring (bicyclic) bond motifs is 1. The Balaban J connectivity index is 2.86. The lowest BCUT2D eigenvalue weighted by atomic mass is 10.2. The van der Waals surface area contributed by atoms with E-state index in [2.05, 4.69) is 9.97 Å². The van der Waals surface area contributed by atoms with Gasteiger partial charge in [-0.05, 0) is 12.1 Å². The van der Waals surface area contributed by atoms with E-state index in [0.29, 0.717) is 17.0 Å². The van der Waals surface area contributed by atoms with Crippen molar-refractivity contribution < 1.29 is 0 Å². The fourth-order valence-electron chi connectivity index (χ4n) is 1.10. The Hall–Kier alpha value is -1.84. The second-order valence-electron chi connectivity index (χ2n) is 2.54. The standard InChI is InChI=1S/C8H8N4/c9-6-3-5-1-2-11-8(10)7(5)12-4-6/h1-4H,9H2,(H2,10,11). The molecule has 0 atom stereocenters. The largest absolute Gasteiger partial charge is 0.397 e. The predicted octanol–water partition coefficient (Wildman–Crippen LogP) is 0.794. The highest BCUT2D eigenvalue weighted by molar-refractivity contribution is 5.88. The first-order valence-corrected chi connectivity index (χ1v) is 3.53. The molecule has 0 bridgehead atoms. The van der Waals surface area contributed by atoms with Crippen molar-refractivity contribution in [2.45, 2.75) is 0 Å². The third-order valence-electron chi connectivity index (χ3n) is 1.65. The third kappa shape index (κ3) is 0.934. The predicted molar refractivity (Wildman–Crippen MR) is 48.4 cm³/mol. The van der Waals surface area contributed by atoms with Crippen molar-refractivity contribution in [3.63, 3.8) is 0 Å². The number of nitrogen functional groups attached to an aromatic ring is 2. The van der Waals surface area contributed by atoms with Crippen LogP contribution in [-0.4, -0.2) is 9.97 Å². The number of rotatable bonds is 0. The maximum atomic E-state index is 5.59. The molecule has 0 fully saturated rings. The molecule has 0 aliphatic heterocycles. The molecule has 60 valence electrons. The Labute approximate surface area is 69.2 Å². The SMILES string of the molecule is Nc1cnc2c(N)nccc2c1. The fraction of sp³-hybridized carbons (Fsp3) is 0. The summed E-state index contributed by atoms with van der Waals surface area (Å²) < 4.78 is 0. The van der Waals surface area contributed by atoms with Crippen molar-refractivity contribution in [3.05, 3.63) is 24.5 Å². The molecule has 0 saturated heterocycles. The molecular formula is C8H8N4. The van der Waals surface area contributed by atoms with Gasteiger partial charge in [0, 0.05) is 11.6 Å². The molecule has 2 heterocycles. The minimum Gasteiger partial charge on any atom is -0.397 e. The average molecular weight is 160 g/mol. The first kappa shape index (κ1) is 6.84. The average Bonchev–Trinajstić information content (AvgIpc) is 2.04. The van der Waals surface area contributed by atoms with Gasteiger partial charge in [0.25, 0.3) is 0 Å². The number of nitrogens with zero attached hydrogens (tertiary/aromatic N) is 2. The molecule has 0 aliphatic carbocycles. The van der Waals surface area contributed by atoms with Gasteiger partial charge >= 0.3 is 0 Å². The Morgan fingerprint density at radius 3 is 2.83 bits per heavy atom. The number of aromatic nitrogens is 2. The summed E-state index contributed by atoms with van der Waals surface area (Å²) in [5.41, 5.74) is 12.5. The molecule has 0 unspecified atom stereocenters. The zero-order chi connectivity index (χ0) is 8.55. The molecular weight excluding hydrogens is 152 g/mol. The highest BCUT2D eigenvalue weighted by atomic mass is 14.9. The van der Waals surface area contributed by atoms with Gasteiger partial charge in [0.05, 0.1) is 11.9 Å². The monoisotopic (exact) mass is 160 g/mol. The summed E-state index contributed by atoms with van der Waals surface area (Å²) in [6.45, 7) is 0. The summed E-state index contributed by atoms with van der Waals surface area (Å²) in [7, 11) is 0. The molecule has 12 heavy (non-hydrogen) atoms. The van der Waals surface area contributed by atoms with Crippen molar-refractivity contribution in [1.82, 2.24) is 9.97 Å². The normalized spacial score (nSPS) is 10.3. The van der Waals surface area contributed by atoms with Gasteiger partial charge in [-0.2, -0.15) is 0 Å². The lowest BCUT2D eigenvalue weighted by Gasteiger charge is -1.99. The highest BCUT2D eigenvalue weighted by Gasteiger charge is 1.98. The molecule has 2 aromatic rings. The van der Waals surface area contributed by atoms with Crippen LogP contribution in [0, 0.1) is 0 Å². The molecule has 4 heteroatoms. The maximum Gasteiger partial charge on any atom is 0.149 e. The Morgan fingerprint density at radius 2 is 2.00 bits per heavy atom. The molecule has 0 saturated carbocycles. The molecule has 4 N–H and O–H groups in total. The molecule has 0 aliphatic rings. The van der Waals surface area contributed by atoms with E-state index < -0.39 is 0 Å². The molecule has 0 spiro atoms. The van der Waals surface area contributed by atoms with Crippen LogP contribution in [0.3, 0.4) is 0 Å². The van der Waals surface area contributed by atoms with E-state index in [0.717, 1.165) is 5.39 Å². The Bertz CT molecular complexity index is 424. The van der Waals surface area contributed by atoms with Crippen molar-refractivity contribution in [3.8, 4) is 0 Å². The van der Waals surface area contributed by atoms with Crippen molar-refractivity contribution in [2.75, 3.05) is 11.5 Å². The van der Waals surface area contributed by atoms with Gasteiger partial charge in [-0.3, -0.25) is 4.98 Å². The first-order valence-electron chi connectivity index (χ1n) is 3.53. The van der Waals surface area contributed by atoms with Crippen molar-refractivity contribution in [2.24, 2.45) is 0 Å². The van der Waals surface area contributed by atoms with E-state index in [4.69, 9.17) is 11.5 Å². The second kappa shape index (κ2) is 2.34. The van der Waals surface area contributed by atoms with Crippen LogP contribution in [-0.2, 0) is 0 Å². The zero-order valence-electron chi connectivity index (χ0n) is 6.36. The molecule has 2 rings (SSSR count). The number of pyridine rings is 2. The number of hydrogen-bond donors (Lipinski definition) is 2. The quantitative estimate of drug-likeness (QED) is 0.597. The van der Waals surface area contributed by atoms with Gasteiger partial charge < -0.3 is 11.5 Å². The van der Waals surface area contributed by atoms with E-state index in [1.165, 1.54) is 0 Å².